The van der Waals surface area contributed by atoms with E-state index in [0.717, 1.165) is 11.1 Å². The van der Waals surface area contributed by atoms with Crippen molar-refractivity contribution < 1.29 is 38.1 Å². The predicted octanol–water partition coefficient (Wildman–Crippen LogP) is -0.131. The third-order valence-corrected chi connectivity index (χ3v) is 7.99. The van der Waals surface area contributed by atoms with Crippen LogP contribution in [0.25, 0.3) is 0 Å². The standard InChI is InChI=1S/C18H20N2O8S/c1-18(16(17(25)26)20-14(24)7-15(20)29(18,27)28)9-19-8-11(21)4-2-10-3-5-12(22)13(23)6-10/h3,5-6,9,15-16,22-23H,2,4,7-8H2,1H3,(H,25,26)/t15-,16+,18+/m1/s1. The maximum Gasteiger partial charge on any atom is 0.328 e. The third-order valence-electron chi connectivity index (χ3n) is 5.32. The van der Waals surface area contributed by atoms with Gasteiger partial charge in [0.05, 0.1) is 13.0 Å². The van der Waals surface area contributed by atoms with Crippen molar-refractivity contribution in [3.63, 3.8) is 0 Å². The summed E-state index contributed by atoms with van der Waals surface area (Å²) in [4.78, 5) is 40.1. The lowest BCUT2D eigenvalue weighted by Crippen LogP contribution is -2.57. The van der Waals surface area contributed by atoms with Crippen LogP contribution in [0.3, 0.4) is 0 Å². The molecule has 0 aliphatic carbocycles. The molecule has 0 saturated carbocycles. The van der Waals surface area contributed by atoms with Gasteiger partial charge in [-0.3, -0.25) is 14.6 Å². The highest BCUT2D eigenvalue weighted by Crippen LogP contribution is 2.45. The van der Waals surface area contributed by atoms with Crippen molar-refractivity contribution in [2.75, 3.05) is 6.54 Å². The van der Waals surface area contributed by atoms with Gasteiger partial charge in [-0.05, 0) is 31.0 Å². The number of carboxylic acid groups (broad SMARTS) is 1. The number of sulfone groups is 1. The van der Waals surface area contributed by atoms with Gasteiger partial charge >= 0.3 is 5.97 Å². The molecule has 2 aliphatic heterocycles. The minimum Gasteiger partial charge on any atom is -0.504 e. The fourth-order valence-electron chi connectivity index (χ4n) is 3.62. The number of β-lactam (4-membered cyclic amide) rings is 1. The molecule has 10 nitrogen and oxygen atoms in total. The first-order valence-electron chi connectivity index (χ1n) is 8.80. The number of carbonyl (C=O) groups excluding carboxylic acids is 2. The van der Waals surface area contributed by atoms with Gasteiger partial charge in [-0.25, -0.2) is 13.2 Å². The molecule has 0 radical (unpaired) electrons. The van der Waals surface area contributed by atoms with Gasteiger partial charge in [0.25, 0.3) is 0 Å². The van der Waals surface area contributed by atoms with Crippen LogP contribution < -0.4 is 0 Å². The number of phenols is 2. The molecule has 156 valence electrons. The van der Waals surface area contributed by atoms with Gasteiger partial charge < -0.3 is 20.2 Å². The molecule has 2 aliphatic rings. The Balaban J connectivity index is 1.68. The summed E-state index contributed by atoms with van der Waals surface area (Å²) in [6.45, 7) is 0.847. The molecule has 2 heterocycles. The van der Waals surface area contributed by atoms with Gasteiger partial charge in [-0.15, -0.1) is 0 Å². The highest BCUT2D eigenvalue weighted by molar-refractivity contribution is 7.94. The number of ketones is 1. The van der Waals surface area contributed by atoms with Crippen LogP contribution in [0, 0.1) is 0 Å². The molecule has 11 heteroatoms. The summed E-state index contributed by atoms with van der Waals surface area (Å²) in [5.41, 5.74) is 0.622. The number of amides is 1. The minimum absolute atomic E-state index is 0.0562. The van der Waals surface area contributed by atoms with Crippen LogP contribution in [0.15, 0.2) is 23.2 Å². The third kappa shape index (κ3) is 3.35. The number of fused-ring (bicyclic) bond motifs is 1. The molecule has 2 saturated heterocycles. The number of nitrogens with zero attached hydrogens (tertiary/aromatic N) is 2. The second-order valence-electron chi connectivity index (χ2n) is 7.26. The van der Waals surface area contributed by atoms with Gasteiger partial charge in [0.2, 0.25) is 5.91 Å². The summed E-state index contributed by atoms with van der Waals surface area (Å²) in [6, 6.07) is 2.60. The monoisotopic (exact) mass is 424 g/mol. The zero-order chi connectivity index (χ0) is 21.6. The van der Waals surface area contributed by atoms with E-state index < -0.39 is 37.9 Å². The fourth-order valence-corrected chi connectivity index (χ4v) is 5.85. The van der Waals surface area contributed by atoms with Crippen LogP contribution >= 0.6 is 0 Å². The normalized spacial score (nSPS) is 27.6. The van der Waals surface area contributed by atoms with E-state index in [9.17, 15) is 38.1 Å². The van der Waals surface area contributed by atoms with E-state index in [4.69, 9.17) is 0 Å². The number of aromatic hydroxyl groups is 2. The molecular weight excluding hydrogens is 404 g/mol. The van der Waals surface area contributed by atoms with Gasteiger partial charge in [-0.2, -0.15) is 0 Å². The Morgan fingerprint density at radius 3 is 2.59 bits per heavy atom. The number of carboxylic acids is 1. The van der Waals surface area contributed by atoms with E-state index in [1.807, 2.05) is 0 Å². The zero-order valence-corrected chi connectivity index (χ0v) is 16.3. The minimum atomic E-state index is -4.00. The number of carbonyl (C=O) groups is 3. The van der Waals surface area contributed by atoms with Crippen LogP contribution in [0.4, 0.5) is 0 Å². The van der Waals surface area contributed by atoms with Crippen LogP contribution in [0.2, 0.25) is 0 Å². The summed E-state index contributed by atoms with van der Waals surface area (Å²) in [7, 11) is -4.00. The molecule has 0 aromatic heterocycles. The number of aliphatic carboxylic acids is 1. The van der Waals surface area contributed by atoms with Crippen molar-refractivity contribution in [2.24, 2.45) is 4.99 Å². The van der Waals surface area contributed by atoms with Crippen molar-refractivity contribution in [3.8, 4) is 11.5 Å². The lowest BCUT2D eigenvalue weighted by atomic mass is 9.97. The molecule has 2 fully saturated rings. The van der Waals surface area contributed by atoms with Gasteiger partial charge in [0.1, 0.15) is 10.1 Å². The molecule has 0 unspecified atom stereocenters. The molecule has 3 N–H and O–H groups in total. The van der Waals surface area contributed by atoms with Crippen LogP contribution in [0.5, 0.6) is 11.5 Å². The summed E-state index contributed by atoms with van der Waals surface area (Å²) < 4.78 is 23.5. The Bertz CT molecular complexity index is 1020. The molecule has 0 spiro atoms. The van der Waals surface area contributed by atoms with Crippen LogP contribution in [0.1, 0.15) is 25.3 Å². The van der Waals surface area contributed by atoms with Crippen molar-refractivity contribution in [1.82, 2.24) is 4.90 Å². The van der Waals surface area contributed by atoms with Gasteiger partial charge in [-0.1, -0.05) is 6.07 Å². The number of hydrogen-bond donors (Lipinski definition) is 3. The zero-order valence-electron chi connectivity index (χ0n) is 15.5. The molecule has 29 heavy (non-hydrogen) atoms. The van der Waals surface area contributed by atoms with Crippen molar-refractivity contribution in [1.29, 1.82) is 0 Å². The van der Waals surface area contributed by atoms with Gasteiger partial charge in [0, 0.05) is 12.6 Å². The Hall–Kier alpha value is -2.95. The molecule has 3 atom stereocenters. The van der Waals surface area contributed by atoms with Crippen LogP contribution in [-0.4, -0.2) is 75.2 Å². The second-order valence-corrected chi connectivity index (χ2v) is 9.77. The lowest BCUT2D eigenvalue weighted by Gasteiger charge is -2.35. The summed E-state index contributed by atoms with van der Waals surface area (Å²) >= 11 is 0. The van der Waals surface area contributed by atoms with E-state index in [-0.39, 0.29) is 43.1 Å². The molecule has 0 bridgehead atoms. The number of aryl methyl sites for hydroxylation is 1. The summed E-state index contributed by atoms with van der Waals surface area (Å²) in [6.07, 6.45) is 1.03. The Morgan fingerprint density at radius 2 is 2.00 bits per heavy atom. The van der Waals surface area contributed by atoms with E-state index in [1.54, 1.807) is 6.07 Å². The van der Waals surface area contributed by atoms with E-state index >= 15 is 0 Å². The number of rotatable bonds is 7. The van der Waals surface area contributed by atoms with E-state index in [0.29, 0.717) is 5.56 Å². The van der Waals surface area contributed by atoms with E-state index in [2.05, 4.69) is 4.99 Å². The lowest BCUT2D eigenvalue weighted by molar-refractivity contribution is -0.156. The first-order chi connectivity index (χ1) is 13.5. The smallest absolute Gasteiger partial charge is 0.328 e. The number of aliphatic imine (C=N–C) groups is 1. The number of phenolic OH excluding ortho intramolecular Hbond substituents is 2. The Labute approximate surface area is 166 Å². The van der Waals surface area contributed by atoms with Gasteiger partial charge in [0.15, 0.2) is 33.2 Å². The van der Waals surface area contributed by atoms with Crippen molar-refractivity contribution in [2.45, 2.75) is 42.3 Å². The topological polar surface area (TPSA) is 162 Å². The number of hydrogen-bond acceptors (Lipinski definition) is 8. The first-order valence-corrected chi connectivity index (χ1v) is 10.3. The highest BCUT2D eigenvalue weighted by atomic mass is 32.2. The average molecular weight is 424 g/mol. The number of Topliss-reactive ketones (excluding diaryl/α,β-unsaturated/α-hetero) is 1. The van der Waals surface area contributed by atoms with Crippen molar-refractivity contribution >= 4 is 33.7 Å². The molecule has 1 aromatic carbocycles. The van der Waals surface area contributed by atoms with Crippen LogP contribution in [-0.2, 0) is 30.6 Å². The maximum absolute atomic E-state index is 12.7. The highest BCUT2D eigenvalue weighted by Gasteiger charge is 2.69. The average Bonchev–Trinajstić information content (AvgIpc) is 2.77. The SMILES string of the molecule is C[C@]1(C=NCC(=O)CCc2ccc(O)c(O)c2)[C@H](C(=O)O)N2C(=O)C[C@H]2S1(=O)=O. The summed E-state index contributed by atoms with van der Waals surface area (Å²) in [5, 5.41) is 27.0. The molecular formula is C18H20N2O8S. The Morgan fingerprint density at radius 1 is 1.31 bits per heavy atom. The molecule has 1 amide bonds. The largest absolute Gasteiger partial charge is 0.504 e. The molecule has 3 rings (SSSR count). The Kier molecular flexibility index (Phi) is 5.11. The maximum atomic E-state index is 12.7. The first kappa shape index (κ1) is 20.8. The molecule has 1 aromatic rings. The second kappa shape index (κ2) is 7.14. The summed E-state index contributed by atoms with van der Waals surface area (Å²) in [5.74, 6) is -2.88. The fraction of sp³-hybridized carbons (Fsp3) is 0.444. The van der Waals surface area contributed by atoms with Crippen molar-refractivity contribution in [3.05, 3.63) is 23.8 Å². The predicted molar refractivity (Wildman–Crippen MR) is 100 cm³/mol. The number of benzene rings is 1. The van der Waals surface area contributed by atoms with E-state index in [1.165, 1.54) is 19.1 Å². The quantitative estimate of drug-likeness (QED) is 0.310.